The molecule has 4 nitrogen and oxygen atoms in total. The smallest absolute Gasteiger partial charge is 0.362 e. The molecule has 0 aromatic heterocycles. The molecule has 0 saturated heterocycles. The number of hydrogen-bond acceptors (Lipinski definition) is 3. The fraction of sp³-hybridized carbons (Fsp3) is 0.600. The molecule has 1 fully saturated rings. The number of hydrogen-bond donors (Lipinski definition) is 1. The Kier molecular flexibility index (Phi) is 4.87. The van der Waals surface area contributed by atoms with Crippen LogP contribution in [0.4, 0.5) is 13.2 Å². The van der Waals surface area contributed by atoms with Crippen LogP contribution in [0.5, 0.6) is 0 Å². The van der Waals surface area contributed by atoms with E-state index >= 15 is 0 Å². The molecule has 2 atom stereocenters. The van der Waals surface area contributed by atoms with Crippen molar-refractivity contribution in [1.82, 2.24) is 5.01 Å². The Morgan fingerprint density at radius 3 is 2.33 bits per heavy atom. The largest absolute Gasteiger partial charge is 0.439 e. The van der Waals surface area contributed by atoms with E-state index in [0.29, 0.717) is 19.3 Å². The number of carbonyl (C=O) groups is 1. The highest BCUT2D eigenvalue weighted by Crippen LogP contribution is 2.48. The minimum Gasteiger partial charge on any atom is -0.362 e. The predicted molar refractivity (Wildman–Crippen MR) is 96.3 cm³/mol. The summed E-state index contributed by atoms with van der Waals surface area (Å²) in [6.45, 7) is 6.02. The van der Waals surface area contributed by atoms with E-state index in [4.69, 9.17) is 0 Å². The van der Waals surface area contributed by atoms with E-state index in [2.05, 4.69) is 5.10 Å². The van der Waals surface area contributed by atoms with E-state index < -0.39 is 23.7 Å². The summed E-state index contributed by atoms with van der Waals surface area (Å²) in [4.78, 5) is 12.9. The quantitative estimate of drug-likeness (QED) is 0.770. The lowest BCUT2D eigenvalue weighted by molar-refractivity contribution is -0.312. The fourth-order valence-electron chi connectivity index (χ4n) is 3.83. The van der Waals surface area contributed by atoms with Gasteiger partial charge in [-0.1, -0.05) is 45.7 Å². The Morgan fingerprint density at radius 2 is 1.78 bits per heavy atom. The monoisotopic (exact) mass is 382 g/mol. The Labute approximate surface area is 157 Å². The van der Waals surface area contributed by atoms with Crippen LogP contribution >= 0.6 is 0 Å². The zero-order valence-electron chi connectivity index (χ0n) is 15.8. The molecule has 0 spiro atoms. The van der Waals surface area contributed by atoms with Crippen LogP contribution in [0.3, 0.4) is 0 Å². The predicted octanol–water partition coefficient (Wildman–Crippen LogP) is 4.63. The van der Waals surface area contributed by atoms with Gasteiger partial charge in [-0.25, -0.2) is 0 Å². The highest BCUT2D eigenvalue weighted by molar-refractivity contribution is 5.99. The van der Waals surface area contributed by atoms with E-state index in [9.17, 15) is 23.1 Å². The summed E-state index contributed by atoms with van der Waals surface area (Å²) >= 11 is 0. The van der Waals surface area contributed by atoms with Gasteiger partial charge in [0.25, 0.3) is 11.6 Å². The summed E-state index contributed by atoms with van der Waals surface area (Å²) in [7, 11) is 0. The first-order chi connectivity index (χ1) is 12.5. The average molecular weight is 382 g/mol. The molecule has 27 heavy (non-hydrogen) atoms. The third-order valence-electron chi connectivity index (χ3n) is 5.47. The van der Waals surface area contributed by atoms with E-state index in [1.54, 1.807) is 12.1 Å². The van der Waals surface area contributed by atoms with Crippen molar-refractivity contribution in [3.8, 4) is 0 Å². The van der Waals surface area contributed by atoms with Gasteiger partial charge in [-0.05, 0) is 42.4 Å². The number of nitrogens with zero attached hydrogens (tertiary/aromatic N) is 2. The zero-order chi connectivity index (χ0) is 20.0. The van der Waals surface area contributed by atoms with E-state index in [1.165, 1.54) is 12.1 Å². The molecule has 7 heteroatoms. The zero-order valence-corrected chi connectivity index (χ0v) is 15.8. The summed E-state index contributed by atoms with van der Waals surface area (Å²) in [6.07, 6.45) is -2.37. The molecule has 2 aliphatic rings. The first kappa shape index (κ1) is 19.9. The van der Waals surface area contributed by atoms with Crippen LogP contribution in [0.2, 0.25) is 0 Å². The molecule has 1 saturated carbocycles. The number of benzene rings is 1. The number of amides is 1. The fourth-order valence-corrected chi connectivity index (χ4v) is 3.83. The Balaban J connectivity index is 1.99. The van der Waals surface area contributed by atoms with Crippen LogP contribution in [-0.4, -0.2) is 33.6 Å². The van der Waals surface area contributed by atoms with E-state index in [1.807, 2.05) is 20.8 Å². The maximum atomic E-state index is 13.9. The summed E-state index contributed by atoms with van der Waals surface area (Å²) in [5.41, 5.74) is -2.12. The highest BCUT2D eigenvalue weighted by Gasteiger charge is 2.68. The Bertz CT molecular complexity index is 750. The van der Waals surface area contributed by atoms with Gasteiger partial charge < -0.3 is 5.11 Å². The summed E-state index contributed by atoms with van der Waals surface area (Å²) in [5.74, 6) is -2.13. The molecule has 148 valence electrons. The topological polar surface area (TPSA) is 52.9 Å². The molecule has 0 radical (unpaired) electrons. The van der Waals surface area contributed by atoms with Crippen LogP contribution in [-0.2, 0) is 5.41 Å². The van der Waals surface area contributed by atoms with Crippen LogP contribution in [0.1, 0.15) is 68.8 Å². The lowest BCUT2D eigenvalue weighted by atomic mass is 9.86. The third-order valence-corrected chi connectivity index (χ3v) is 5.47. The Morgan fingerprint density at radius 1 is 1.15 bits per heavy atom. The molecule has 3 rings (SSSR count). The lowest BCUT2D eigenvalue weighted by Crippen LogP contribution is -2.61. The molecule has 1 aromatic rings. The number of aliphatic hydroxyl groups is 1. The molecule has 1 N–H and O–H groups in total. The van der Waals surface area contributed by atoms with Crippen molar-refractivity contribution in [3.05, 3.63) is 35.4 Å². The van der Waals surface area contributed by atoms with E-state index in [0.717, 1.165) is 12.0 Å². The molecule has 1 heterocycles. The summed E-state index contributed by atoms with van der Waals surface area (Å²) < 4.78 is 41.6. The second-order valence-electron chi connectivity index (χ2n) is 8.41. The minimum atomic E-state index is -4.99. The second kappa shape index (κ2) is 6.62. The summed E-state index contributed by atoms with van der Waals surface area (Å²) in [5, 5.41) is 14.9. The first-order valence-corrected chi connectivity index (χ1v) is 9.28. The molecule has 1 aliphatic heterocycles. The van der Waals surface area contributed by atoms with Crippen molar-refractivity contribution in [3.63, 3.8) is 0 Å². The number of alkyl halides is 3. The number of carbonyl (C=O) groups excluding carboxylic acids is 1. The van der Waals surface area contributed by atoms with Gasteiger partial charge in [-0.2, -0.15) is 23.3 Å². The van der Waals surface area contributed by atoms with Gasteiger partial charge in [-0.3, -0.25) is 4.79 Å². The van der Waals surface area contributed by atoms with Crippen molar-refractivity contribution in [2.75, 3.05) is 0 Å². The first-order valence-electron chi connectivity index (χ1n) is 9.28. The van der Waals surface area contributed by atoms with Gasteiger partial charge in [0.15, 0.2) is 0 Å². The summed E-state index contributed by atoms with van der Waals surface area (Å²) in [6, 6.07) is 6.44. The normalized spacial score (nSPS) is 26.4. The standard InChI is InChI=1S/C20H25F3N2O2/c1-18(2,3)14-11-9-13(10-12-14)17(26)25-19(27,20(21,22)23)15-7-5-4-6-8-16(15)24-25/h9-12,15,27H,4-8H2,1-3H3/t15-,19-/m0/s1. The number of rotatable bonds is 1. The third kappa shape index (κ3) is 3.37. The maximum Gasteiger partial charge on any atom is 0.439 e. The van der Waals surface area contributed by atoms with Crippen LogP contribution in [0.25, 0.3) is 0 Å². The number of hydrazone groups is 1. The van der Waals surface area contributed by atoms with Crippen molar-refractivity contribution >= 4 is 11.6 Å². The molecule has 0 bridgehead atoms. The van der Waals surface area contributed by atoms with Crippen molar-refractivity contribution in [2.24, 2.45) is 11.0 Å². The van der Waals surface area contributed by atoms with Crippen LogP contribution in [0, 0.1) is 5.92 Å². The number of fused-ring (bicyclic) bond motifs is 1. The van der Waals surface area contributed by atoms with Crippen LogP contribution < -0.4 is 0 Å². The van der Waals surface area contributed by atoms with Gasteiger partial charge in [0.05, 0.1) is 5.92 Å². The van der Waals surface area contributed by atoms with Crippen molar-refractivity contribution in [1.29, 1.82) is 0 Å². The lowest BCUT2D eigenvalue weighted by Gasteiger charge is -2.37. The minimum absolute atomic E-state index is 0.0754. The number of halogens is 3. The molecular formula is C20H25F3N2O2. The van der Waals surface area contributed by atoms with Gasteiger partial charge in [0.1, 0.15) is 0 Å². The van der Waals surface area contributed by atoms with Gasteiger partial charge >= 0.3 is 6.18 Å². The molecule has 1 aromatic carbocycles. The average Bonchev–Trinajstić information content (AvgIpc) is 2.73. The highest BCUT2D eigenvalue weighted by atomic mass is 19.4. The SMILES string of the molecule is CC(C)(C)c1ccc(C(=O)N2N=C3CCCCC[C@@H]3[C@]2(O)C(F)(F)F)cc1. The maximum absolute atomic E-state index is 13.9. The van der Waals surface area contributed by atoms with Crippen molar-refractivity contribution in [2.45, 2.75) is 70.2 Å². The Hall–Kier alpha value is -1.89. The van der Waals surface area contributed by atoms with E-state index in [-0.39, 0.29) is 28.1 Å². The van der Waals surface area contributed by atoms with Crippen LogP contribution in [0.15, 0.2) is 29.4 Å². The van der Waals surface area contributed by atoms with Gasteiger partial charge in [-0.15, -0.1) is 0 Å². The van der Waals surface area contributed by atoms with Gasteiger partial charge in [0.2, 0.25) is 0 Å². The molecule has 0 unspecified atom stereocenters. The molecular weight excluding hydrogens is 357 g/mol. The van der Waals surface area contributed by atoms with Gasteiger partial charge in [0, 0.05) is 11.3 Å². The molecule has 1 aliphatic carbocycles. The second-order valence-corrected chi connectivity index (χ2v) is 8.41. The molecule has 1 amide bonds. The van der Waals surface area contributed by atoms with Crippen molar-refractivity contribution < 1.29 is 23.1 Å².